The maximum absolute atomic E-state index is 14.0. The van der Waals surface area contributed by atoms with Crippen LogP contribution in [0, 0.1) is 5.82 Å². The van der Waals surface area contributed by atoms with Crippen LogP contribution in [-0.2, 0) is 16.8 Å². The lowest BCUT2D eigenvalue weighted by Gasteiger charge is -2.28. The number of halogens is 2. The minimum atomic E-state index is -1.29. The second kappa shape index (κ2) is 6.35. The van der Waals surface area contributed by atoms with Crippen LogP contribution in [0.5, 0.6) is 0 Å². The van der Waals surface area contributed by atoms with Crippen molar-refractivity contribution in [3.8, 4) is 0 Å². The van der Waals surface area contributed by atoms with Crippen molar-refractivity contribution in [1.82, 2.24) is 0 Å². The standard InChI is InChI=1S/C16H16ClFO2/c1-20-11-16(19,13-7-3-2-4-8-13)10-12-6-5-9-14(17)15(12)18/h2-9,19H,10-11H2,1H3. The Morgan fingerprint density at radius 3 is 2.50 bits per heavy atom. The molecular formula is C16H16ClFO2. The molecule has 4 heteroatoms. The molecule has 0 aliphatic carbocycles. The normalized spacial score (nSPS) is 14.0. The van der Waals surface area contributed by atoms with Gasteiger partial charge < -0.3 is 9.84 Å². The molecule has 0 saturated heterocycles. The number of rotatable bonds is 5. The van der Waals surface area contributed by atoms with Crippen molar-refractivity contribution in [3.05, 3.63) is 70.5 Å². The van der Waals surface area contributed by atoms with E-state index in [1.54, 1.807) is 24.3 Å². The lowest BCUT2D eigenvalue weighted by molar-refractivity contribution is -0.0360. The molecule has 0 saturated carbocycles. The van der Waals surface area contributed by atoms with Crippen molar-refractivity contribution in [2.75, 3.05) is 13.7 Å². The molecule has 0 fully saturated rings. The van der Waals surface area contributed by atoms with Gasteiger partial charge in [-0.1, -0.05) is 54.1 Å². The molecule has 0 bridgehead atoms. The third-order valence-electron chi connectivity index (χ3n) is 3.21. The fraction of sp³-hybridized carbons (Fsp3) is 0.250. The van der Waals surface area contributed by atoms with Gasteiger partial charge in [0, 0.05) is 13.5 Å². The summed E-state index contributed by atoms with van der Waals surface area (Å²) in [5.74, 6) is -0.500. The summed E-state index contributed by atoms with van der Waals surface area (Å²) >= 11 is 5.78. The topological polar surface area (TPSA) is 29.5 Å². The molecular weight excluding hydrogens is 279 g/mol. The van der Waals surface area contributed by atoms with Gasteiger partial charge in [-0.05, 0) is 17.2 Å². The molecule has 106 valence electrons. The summed E-state index contributed by atoms with van der Waals surface area (Å²) in [5, 5.41) is 10.9. The molecule has 2 rings (SSSR count). The third kappa shape index (κ3) is 3.18. The first kappa shape index (κ1) is 15.0. The highest BCUT2D eigenvalue weighted by atomic mass is 35.5. The third-order valence-corrected chi connectivity index (χ3v) is 3.50. The van der Waals surface area contributed by atoms with Gasteiger partial charge in [-0.25, -0.2) is 4.39 Å². The van der Waals surface area contributed by atoms with Crippen LogP contribution in [0.2, 0.25) is 5.02 Å². The van der Waals surface area contributed by atoms with Crippen LogP contribution in [0.4, 0.5) is 4.39 Å². The summed E-state index contributed by atoms with van der Waals surface area (Å²) in [6.45, 7) is 0.0724. The highest BCUT2D eigenvalue weighted by Gasteiger charge is 2.31. The molecule has 0 aromatic heterocycles. The fourth-order valence-electron chi connectivity index (χ4n) is 2.22. The Morgan fingerprint density at radius 2 is 1.85 bits per heavy atom. The molecule has 1 N–H and O–H groups in total. The van der Waals surface area contributed by atoms with Crippen molar-refractivity contribution in [3.63, 3.8) is 0 Å². The Labute approximate surface area is 122 Å². The molecule has 0 aliphatic rings. The van der Waals surface area contributed by atoms with Crippen LogP contribution in [-0.4, -0.2) is 18.8 Å². The molecule has 0 spiro atoms. The molecule has 2 nitrogen and oxygen atoms in total. The van der Waals surface area contributed by atoms with Gasteiger partial charge in [-0.3, -0.25) is 0 Å². The van der Waals surface area contributed by atoms with Crippen LogP contribution in [0.3, 0.4) is 0 Å². The Hall–Kier alpha value is -1.42. The largest absolute Gasteiger partial charge is 0.382 e. The summed E-state index contributed by atoms with van der Waals surface area (Å²) in [5.41, 5.74) is -0.247. The minimum absolute atomic E-state index is 0.0512. The van der Waals surface area contributed by atoms with E-state index in [4.69, 9.17) is 16.3 Å². The number of hydrogen-bond acceptors (Lipinski definition) is 2. The number of ether oxygens (including phenoxy) is 1. The van der Waals surface area contributed by atoms with Gasteiger partial charge >= 0.3 is 0 Å². The second-order valence-corrected chi connectivity index (χ2v) is 5.13. The van der Waals surface area contributed by atoms with Crippen molar-refractivity contribution in [1.29, 1.82) is 0 Å². The van der Waals surface area contributed by atoms with E-state index in [1.165, 1.54) is 13.2 Å². The zero-order valence-corrected chi connectivity index (χ0v) is 11.9. The van der Waals surface area contributed by atoms with Gasteiger partial charge in [-0.15, -0.1) is 0 Å². The lowest BCUT2D eigenvalue weighted by atomic mass is 9.87. The highest BCUT2D eigenvalue weighted by molar-refractivity contribution is 6.30. The smallest absolute Gasteiger partial charge is 0.145 e. The first-order chi connectivity index (χ1) is 9.57. The average Bonchev–Trinajstić information content (AvgIpc) is 2.45. The van der Waals surface area contributed by atoms with Gasteiger partial charge in [-0.2, -0.15) is 0 Å². The van der Waals surface area contributed by atoms with E-state index in [1.807, 2.05) is 18.2 Å². The predicted octanol–water partition coefficient (Wildman–Crippen LogP) is 3.56. The van der Waals surface area contributed by atoms with Crippen molar-refractivity contribution in [2.45, 2.75) is 12.0 Å². The van der Waals surface area contributed by atoms with Crippen LogP contribution >= 0.6 is 11.6 Å². The summed E-state index contributed by atoms with van der Waals surface area (Å²) in [6, 6.07) is 13.9. The van der Waals surface area contributed by atoms with E-state index < -0.39 is 11.4 Å². The van der Waals surface area contributed by atoms with E-state index in [2.05, 4.69) is 0 Å². The van der Waals surface area contributed by atoms with E-state index >= 15 is 0 Å². The minimum Gasteiger partial charge on any atom is -0.382 e. The number of aliphatic hydroxyl groups is 1. The highest BCUT2D eigenvalue weighted by Crippen LogP contribution is 2.29. The van der Waals surface area contributed by atoms with Crippen molar-refractivity contribution < 1.29 is 14.2 Å². The second-order valence-electron chi connectivity index (χ2n) is 4.72. The van der Waals surface area contributed by atoms with E-state index in [0.717, 1.165) is 0 Å². The maximum Gasteiger partial charge on any atom is 0.145 e. The maximum atomic E-state index is 14.0. The van der Waals surface area contributed by atoms with E-state index in [0.29, 0.717) is 11.1 Å². The predicted molar refractivity (Wildman–Crippen MR) is 77.3 cm³/mol. The van der Waals surface area contributed by atoms with E-state index in [9.17, 15) is 9.50 Å². The molecule has 1 unspecified atom stereocenters. The molecule has 20 heavy (non-hydrogen) atoms. The fourth-order valence-corrected chi connectivity index (χ4v) is 2.42. The quantitative estimate of drug-likeness (QED) is 0.914. The Kier molecular flexibility index (Phi) is 4.76. The lowest BCUT2D eigenvalue weighted by Crippen LogP contribution is -2.34. The van der Waals surface area contributed by atoms with Gasteiger partial charge in [0.05, 0.1) is 11.6 Å². The Balaban J connectivity index is 2.37. The number of benzene rings is 2. The van der Waals surface area contributed by atoms with Crippen LogP contribution in [0.1, 0.15) is 11.1 Å². The SMILES string of the molecule is COCC(O)(Cc1cccc(Cl)c1F)c1ccccc1. The molecule has 2 aromatic rings. The molecule has 1 atom stereocenters. The zero-order chi connectivity index (χ0) is 14.6. The first-order valence-electron chi connectivity index (χ1n) is 6.26. The number of hydrogen-bond donors (Lipinski definition) is 1. The van der Waals surface area contributed by atoms with Gasteiger partial charge in [0.25, 0.3) is 0 Å². The van der Waals surface area contributed by atoms with Gasteiger partial charge in [0.1, 0.15) is 11.4 Å². The molecule has 2 aromatic carbocycles. The van der Waals surface area contributed by atoms with E-state index in [-0.39, 0.29) is 18.1 Å². The summed E-state index contributed by atoms with van der Waals surface area (Å²) < 4.78 is 19.1. The summed E-state index contributed by atoms with van der Waals surface area (Å²) in [4.78, 5) is 0. The summed E-state index contributed by atoms with van der Waals surface area (Å²) in [6.07, 6.45) is 0.0945. The van der Waals surface area contributed by atoms with Crippen LogP contribution in [0.25, 0.3) is 0 Å². The Bertz CT molecular complexity index is 574. The Morgan fingerprint density at radius 1 is 1.15 bits per heavy atom. The van der Waals surface area contributed by atoms with Crippen LogP contribution in [0.15, 0.2) is 48.5 Å². The summed E-state index contributed by atoms with van der Waals surface area (Å²) in [7, 11) is 1.50. The first-order valence-corrected chi connectivity index (χ1v) is 6.64. The molecule has 0 radical (unpaired) electrons. The van der Waals surface area contributed by atoms with Gasteiger partial charge in [0.15, 0.2) is 0 Å². The van der Waals surface area contributed by atoms with Crippen molar-refractivity contribution >= 4 is 11.6 Å². The van der Waals surface area contributed by atoms with Gasteiger partial charge in [0.2, 0.25) is 0 Å². The number of methoxy groups -OCH3 is 1. The molecule has 0 heterocycles. The zero-order valence-electron chi connectivity index (χ0n) is 11.1. The van der Waals surface area contributed by atoms with Crippen LogP contribution < -0.4 is 0 Å². The average molecular weight is 295 g/mol. The van der Waals surface area contributed by atoms with Crippen molar-refractivity contribution in [2.24, 2.45) is 0 Å². The molecule has 0 aliphatic heterocycles. The molecule has 0 amide bonds. The monoisotopic (exact) mass is 294 g/mol.